The predicted molar refractivity (Wildman–Crippen MR) is 136 cm³/mol. The molecule has 1 fully saturated rings. The van der Waals surface area contributed by atoms with E-state index in [4.69, 9.17) is 0 Å². The largest absolute Gasteiger partial charge is 0.360 e. The van der Waals surface area contributed by atoms with E-state index in [1.54, 1.807) is 4.90 Å². The van der Waals surface area contributed by atoms with Gasteiger partial charge in [-0.05, 0) is 48.2 Å². The Bertz CT molecular complexity index is 1130. The van der Waals surface area contributed by atoms with Crippen LogP contribution in [-0.4, -0.2) is 41.9 Å². The molecular formula is C29H30N4O. The fourth-order valence-electron chi connectivity index (χ4n) is 4.59. The second-order valence-electron chi connectivity index (χ2n) is 8.74. The van der Waals surface area contributed by atoms with Gasteiger partial charge in [0.05, 0.1) is 6.04 Å². The molecule has 1 N–H and O–H groups in total. The number of carbonyl (C=O) groups excluding carboxylic acids is 1. The maximum Gasteiger partial charge on any atom is 0.266 e. The van der Waals surface area contributed by atoms with Crippen molar-refractivity contribution >= 4 is 11.6 Å². The van der Waals surface area contributed by atoms with Crippen LogP contribution in [0.2, 0.25) is 0 Å². The summed E-state index contributed by atoms with van der Waals surface area (Å²) in [6, 6.07) is 29.3. The molecule has 1 aliphatic rings. The average Bonchev–Trinajstić information content (AvgIpc) is 2.86. The van der Waals surface area contributed by atoms with E-state index >= 15 is 0 Å². The number of rotatable bonds is 6. The molecule has 0 radical (unpaired) electrons. The second kappa shape index (κ2) is 10.8. The lowest BCUT2D eigenvalue weighted by molar-refractivity contribution is -0.128. The Balaban J connectivity index is 1.45. The second-order valence-corrected chi connectivity index (χ2v) is 8.74. The van der Waals surface area contributed by atoms with Gasteiger partial charge >= 0.3 is 0 Å². The van der Waals surface area contributed by atoms with Crippen molar-refractivity contribution in [3.63, 3.8) is 0 Å². The molecule has 0 unspecified atom stereocenters. The van der Waals surface area contributed by atoms with Crippen molar-refractivity contribution in [2.75, 3.05) is 31.5 Å². The van der Waals surface area contributed by atoms with Gasteiger partial charge in [-0.25, -0.2) is 0 Å². The molecule has 34 heavy (non-hydrogen) atoms. The highest BCUT2D eigenvalue weighted by molar-refractivity contribution is 5.97. The lowest BCUT2D eigenvalue weighted by atomic mass is 9.96. The van der Waals surface area contributed by atoms with Crippen molar-refractivity contribution in [3.8, 4) is 6.07 Å². The molecule has 1 saturated heterocycles. The molecule has 4 rings (SSSR count). The quantitative estimate of drug-likeness (QED) is 0.421. The number of anilines is 1. The fraction of sp³-hybridized carbons (Fsp3) is 0.241. The summed E-state index contributed by atoms with van der Waals surface area (Å²) in [5.74, 6) is -0.227. The zero-order valence-electron chi connectivity index (χ0n) is 19.7. The summed E-state index contributed by atoms with van der Waals surface area (Å²) in [6.45, 7) is 6.69. The lowest BCUT2D eigenvalue weighted by Crippen LogP contribution is -2.50. The van der Waals surface area contributed by atoms with Gasteiger partial charge in [0.15, 0.2) is 0 Å². The third-order valence-electron chi connectivity index (χ3n) is 6.15. The van der Waals surface area contributed by atoms with Gasteiger partial charge in [0.1, 0.15) is 11.6 Å². The lowest BCUT2D eigenvalue weighted by Gasteiger charge is -2.39. The van der Waals surface area contributed by atoms with Crippen molar-refractivity contribution in [1.29, 1.82) is 5.26 Å². The van der Waals surface area contributed by atoms with Gasteiger partial charge in [0.25, 0.3) is 5.91 Å². The minimum Gasteiger partial charge on any atom is -0.360 e. The minimum absolute atomic E-state index is 0.121. The molecule has 0 bridgehead atoms. The maximum atomic E-state index is 13.1. The van der Waals surface area contributed by atoms with Gasteiger partial charge in [-0.2, -0.15) is 5.26 Å². The maximum absolute atomic E-state index is 13.1. The monoisotopic (exact) mass is 450 g/mol. The number of nitriles is 1. The third kappa shape index (κ3) is 5.54. The highest BCUT2D eigenvalue weighted by atomic mass is 16.2. The summed E-state index contributed by atoms with van der Waals surface area (Å²) in [4.78, 5) is 17.3. The van der Waals surface area contributed by atoms with E-state index < -0.39 is 0 Å². The Morgan fingerprint density at radius 2 is 1.41 bits per heavy atom. The summed E-state index contributed by atoms with van der Waals surface area (Å²) in [5.41, 5.74) is 5.73. The number of hydrogen-bond acceptors (Lipinski definition) is 4. The smallest absolute Gasteiger partial charge is 0.266 e. The molecule has 0 saturated carbocycles. The van der Waals surface area contributed by atoms with Crippen LogP contribution < -0.4 is 5.32 Å². The summed E-state index contributed by atoms with van der Waals surface area (Å²) < 4.78 is 0. The summed E-state index contributed by atoms with van der Waals surface area (Å²) in [7, 11) is 0. The van der Waals surface area contributed by atoms with Crippen LogP contribution in [0.4, 0.5) is 5.69 Å². The molecule has 0 spiro atoms. The number of nitrogens with zero attached hydrogens (tertiary/aromatic N) is 3. The van der Waals surface area contributed by atoms with E-state index in [1.165, 1.54) is 17.3 Å². The van der Waals surface area contributed by atoms with E-state index in [-0.39, 0.29) is 17.5 Å². The first-order valence-electron chi connectivity index (χ1n) is 11.6. The van der Waals surface area contributed by atoms with Gasteiger partial charge in [-0.15, -0.1) is 0 Å². The molecule has 3 aromatic rings. The number of nitrogens with one attached hydrogen (secondary N) is 1. The number of hydrogen-bond donors (Lipinski definition) is 1. The normalized spacial score (nSPS) is 14.6. The van der Waals surface area contributed by atoms with E-state index in [0.29, 0.717) is 13.1 Å². The Morgan fingerprint density at radius 1 is 0.882 bits per heavy atom. The number of carbonyl (C=O) groups is 1. The van der Waals surface area contributed by atoms with E-state index in [1.807, 2.05) is 38.1 Å². The molecule has 0 atom stereocenters. The van der Waals surface area contributed by atoms with E-state index in [0.717, 1.165) is 29.9 Å². The molecule has 3 aromatic carbocycles. The topological polar surface area (TPSA) is 59.4 Å². The van der Waals surface area contributed by atoms with E-state index in [2.05, 4.69) is 70.9 Å². The standard InChI is InChI=1S/C29H30N4O/c1-22-17-23(2)19-27(18-22)31-21-26(20-30)29(34)33-15-13-32(14-16-33)28(24-9-5-3-6-10-24)25-11-7-4-8-12-25/h3-12,17-19,21,28,31H,13-16H2,1-2H3/b26-21-. The summed E-state index contributed by atoms with van der Waals surface area (Å²) >= 11 is 0. The van der Waals surface area contributed by atoms with Crippen molar-refractivity contribution in [1.82, 2.24) is 9.80 Å². The number of piperazine rings is 1. The summed E-state index contributed by atoms with van der Waals surface area (Å²) in [5, 5.41) is 12.8. The SMILES string of the molecule is Cc1cc(C)cc(N/C=C(/C#N)C(=O)N2CCN(C(c3ccccc3)c3ccccc3)CC2)c1. The van der Waals surface area contributed by atoms with Crippen molar-refractivity contribution in [3.05, 3.63) is 113 Å². The summed E-state index contributed by atoms with van der Waals surface area (Å²) in [6.07, 6.45) is 1.53. The average molecular weight is 451 g/mol. The Labute approximate surface area is 201 Å². The zero-order chi connectivity index (χ0) is 23.9. The van der Waals surface area contributed by atoms with E-state index in [9.17, 15) is 10.1 Å². The molecule has 1 aliphatic heterocycles. The zero-order valence-corrected chi connectivity index (χ0v) is 19.7. The van der Waals surface area contributed by atoms with Gasteiger partial charge < -0.3 is 10.2 Å². The Hall–Kier alpha value is -3.88. The number of benzene rings is 3. The van der Waals surface area contributed by atoms with Crippen LogP contribution in [-0.2, 0) is 4.79 Å². The number of amides is 1. The van der Waals surface area contributed by atoms with Crippen molar-refractivity contribution in [2.24, 2.45) is 0 Å². The van der Waals surface area contributed by atoms with Gasteiger partial charge in [0.2, 0.25) is 0 Å². The predicted octanol–water partition coefficient (Wildman–Crippen LogP) is 5.06. The molecule has 1 heterocycles. The van der Waals surface area contributed by atoms with Crippen LogP contribution in [0.25, 0.3) is 0 Å². The van der Waals surface area contributed by atoms with Crippen LogP contribution >= 0.6 is 0 Å². The van der Waals surface area contributed by atoms with Crippen molar-refractivity contribution in [2.45, 2.75) is 19.9 Å². The van der Waals surface area contributed by atoms with Gasteiger partial charge in [0, 0.05) is 38.1 Å². The first kappa shape index (κ1) is 23.3. The molecule has 5 heteroatoms. The Kier molecular flexibility index (Phi) is 7.41. The number of aryl methyl sites for hydroxylation is 2. The van der Waals surface area contributed by atoms with Crippen LogP contribution in [0.1, 0.15) is 28.3 Å². The first-order valence-corrected chi connectivity index (χ1v) is 11.6. The van der Waals surface area contributed by atoms with Crippen LogP contribution in [0.5, 0.6) is 0 Å². The highest BCUT2D eigenvalue weighted by Crippen LogP contribution is 2.29. The van der Waals surface area contributed by atoms with Crippen molar-refractivity contribution < 1.29 is 4.79 Å². The van der Waals surface area contributed by atoms with Crippen LogP contribution in [0.15, 0.2) is 90.6 Å². The first-order chi connectivity index (χ1) is 16.5. The van der Waals surface area contributed by atoms with Gasteiger partial charge in [-0.1, -0.05) is 66.7 Å². The third-order valence-corrected chi connectivity index (χ3v) is 6.15. The molecule has 1 amide bonds. The highest BCUT2D eigenvalue weighted by Gasteiger charge is 2.29. The Morgan fingerprint density at radius 3 is 1.91 bits per heavy atom. The molecule has 0 aliphatic carbocycles. The van der Waals surface area contributed by atoms with Gasteiger partial charge in [-0.3, -0.25) is 9.69 Å². The fourth-order valence-corrected chi connectivity index (χ4v) is 4.59. The van der Waals surface area contributed by atoms with Crippen LogP contribution in [0, 0.1) is 25.2 Å². The molecular weight excluding hydrogens is 420 g/mol. The molecule has 172 valence electrons. The molecule has 0 aromatic heterocycles. The minimum atomic E-state index is -0.227. The molecule has 5 nitrogen and oxygen atoms in total. The van der Waals surface area contributed by atoms with Crippen LogP contribution in [0.3, 0.4) is 0 Å².